The summed E-state index contributed by atoms with van der Waals surface area (Å²) in [5.74, 6) is -0.969. The molecule has 1 aromatic rings. The minimum atomic E-state index is -1.01. The molecule has 0 fully saturated rings. The predicted octanol–water partition coefficient (Wildman–Crippen LogP) is 2.26. The van der Waals surface area contributed by atoms with Crippen LogP contribution in [0.2, 0.25) is 0 Å². The minimum Gasteiger partial charge on any atom is -0.475 e. The van der Waals surface area contributed by atoms with E-state index in [0.717, 1.165) is 13.0 Å². The molecule has 1 rings (SSSR count). The Kier molecular flexibility index (Phi) is 4.90. The van der Waals surface area contributed by atoms with Gasteiger partial charge in [-0.15, -0.1) is 0 Å². The maximum atomic E-state index is 10.7. The molecule has 0 aliphatic carbocycles. The van der Waals surface area contributed by atoms with Crippen LogP contribution in [0.1, 0.15) is 42.3 Å². The number of rotatable bonds is 7. The van der Waals surface area contributed by atoms with Crippen molar-refractivity contribution in [1.82, 2.24) is 5.32 Å². The molecule has 0 spiro atoms. The summed E-state index contributed by atoms with van der Waals surface area (Å²) in [6, 6.07) is 1.69. The molecule has 4 heteroatoms. The van der Waals surface area contributed by atoms with E-state index in [0.29, 0.717) is 12.1 Å². The minimum absolute atomic E-state index is 0.0398. The van der Waals surface area contributed by atoms with Gasteiger partial charge in [-0.05, 0) is 19.0 Å². The van der Waals surface area contributed by atoms with E-state index in [1.807, 2.05) is 0 Å². The molecule has 0 aliphatic heterocycles. The first-order valence-corrected chi connectivity index (χ1v) is 5.26. The summed E-state index contributed by atoms with van der Waals surface area (Å²) >= 11 is 0. The Morgan fingerprint density at radius 3 is 3.00 bits per heavy atom. The van der Waals surface area contributed by atoms with Crippen molar-refractivity contribution < 1.29 is 14.3 Å². The quantitative estimate of drug-likeness (QED) is 0.679. The van der Waals surface area contributed by atoms with E-state index in [4.69, 9.17) is 9.52 Å². The number of carboxylic acid groups (broad SMARTS) is 1. The SMILES string of the molecule is CCCCCNCc1ccoc1C(=O)O. The average Bonchev–Trinajstić information content (AvgIpc) is 2.66. The molecule has 0 radical (unpaired) electrons. The van der Waals surface area contributed by atoms with Gasteiger partial charge in [-0.25, -0.2) is 4.79 Å². The standard InChI is InChI=1S/C11H17NO3/c1-2-3-4-6-12-8-9-5-7-15-10(9)11(13)14/h5,7,12H,2-4,6,8H2,1H3,(H,13,14). The van der Waals surface area contributed by atoms with E-state index in [1.165, 1.54) is 19.1 Å². The van der Waals surface area contributed by atoms with E-state index in [9.17, 15) is 4.79 Å². The molecule has 0 bridgehead atoms. The van der Waals surface area contributed by atoms with E-state index in [1.54, 1.807) is 6.07 Å². The highest BCUT2D eigenvalue weighted by atomic mass is 16.4. The molecule has 0 saturated carbocycles. The Balaban J connectivity index is 2.31. The fourth-order valence-electron chi connectivity index (χ4n) is 1.39. The summed E-state index contributed by atoms with van der Waals surface area (Å²) in [6.45, 7) is 3.62. The summed E-state index contributed by atoms with van der Waals surface area (Å²) in [7, 11) is 0. The third-order valence-corrected chi connectivity index (χ3v) is 2.21. The molecule has 1 aromatic heterocycles. The van der Waals surface area contributed by atoms with E-state index in [-0.39, 0.29) is 5.76 Å². The lowest BCUT2D eigenvalue weighted by molar-refractivity contribution is 0.0660. The van der Waals surface area contributed by atoms with Crippen LogP contribution >= 0.6 is 0 Å². The Hall–Kier alpha value is -1.29. The lowest BCUT2D eigenvalue weighted by Crippen LogP contribution is -2.15. The molecular weight excluding hydrogens is 194 g/mol. The number of hydrogen-bond donors (Lipinski definition) is 2. The Morgan fingerprint density at radius 2 is 2.33 bits per heavy atom. The van der Waals surface area contributed by atoms with Crippen molar-refractivity contribution in [3.63, 3.8) is 0 Å². The molecular formula is C11H17NO3. The van der Waals surface area contributed by atoms with Crippen molar-refractivity contribution in [1.29, 1.82) is 0 Å². The van der Waals surface area contributed by atoms with Crippen molar-refractivity contribution in [3.8, 4) is 0 Å². The maximum Gasteiger partial charge on any atom is 0.372 e. The lowest BCUT2D eigenvalue weighted by atomic mass is 10.2. The number of carbonyl (C=O) groups is 1. The largest absolute Gasteiger partial charge is 0.475 e. The van der Waals surface area contributed by atoms with Crippen molar-refractivity contribution >= 4 is 5.97 Å². The van der Waals surface area contributed by atoms with Crippen LogP contribution in [0, 0.1) is 0 Å². The molecule has 4 nitrogen and oxygen atoms in total. The van der Waals surface area contributed by atoms with Crippen LogP contribution in [-0.4, -0.2) is 17.6 Å². The van der Waals surface area contributed by atoms with Gasteiger partial charge in [0.2, 0.25) is 5.76 Å². The second-order valence-electron chi connectivity index (χ2n) is 3.46. The first-order chi connectivity index (χ1) is 7.25. The van der Waals surface area contributed by atoms with Gasteiger partial charge in [-0.3, -0.25) is 0 Å². The van der Waals surface area contributed by atoms with Crippen LogP contribution < -0.4 is 5.32 Å². The number of hydrogen-bond acceptors (Lipinski definition) is 3. The van der Waals surface area contributed by atoms with Gasteiger partial charge in [0.25, 0.3) is 0 Å². The number of carboxylic acids is 1. The smallest absolute Gasteiger partial charge is 0.372 e. The van der Waals surface area contributed by atoms with Crippen molar-refractivity contribution in [2.45, 2.75) is 32.7 Å². The van der Waals surface area contributed by atoms with Crippen molar-refractivity contribution in [2.24, 2.45) is 0 Å². The summed E-state index contributed by atoms with van der Waals surface area (Å²) in [5, 5.41) is 12.0. The molecule has 1 heterocycles. The second-order valence-corrected chi connectivity index (χ2v) is 3.46. The van der Waals surface area contributed by atoms with Gasteiger partial charge in [-0.1, -0.05) is 19.8 Å². The molecule has 0 atom stereocenters. The van der Waals surface area contributed by atoms with Crippen LogP contribution in [0.5, 0.6) is 0 Å². The molecule has 0 saturated heterocycles. The van der Waals surface area contributed by atoms with Gasteiger partial charge < -0.3 is 14.8 Å². The maximum absolute atomic E-state index is 10.7. The fraction of sp³-hybridized carbons (Fsp3) is 0.545. The van der Waals surface area contributed by atoms with E-state index < -0.39 is 5.97 Å². The molecule has 0 aliphatic rings. The molecule has 2 N–H and O–H groups in total. The third kappa shape index (κ3) is 3.75. The monoisotopic (exact) mass is 211 g/mol. The van der Waals surface area contributed by atoms with Crippen molar-refractivity contribution in [3.05, 3.63) is 23.7 Å². The van der Waals surface area contributed by atoms with E-state index in [2.05, 4.69) is 12.2 Å². The molecule has 0 amide bonds. The zero-order valence-electron chi connectivity index (χ0n) is 8.95. The Labute approximate surface area is 89.3 Å². The average molecular weight is 211 g/mol. The van der Waals surface area contributed by atoms with Gasteiger partial charge >= 0.3 is 5.97 Å². The molecule has 15 heavy (non-hydrogen) atoms. The first-order valence-electron chi connectivity index (χ1n) is 5.26. The number of unbranched alkanes of at least 4 members (excludes halogenated alkanes) is 2. The van der Waals surface area contributed by atoms with Crippen LogP contribution in [0.25, 0.3) is 0 Å². The number of furan rings is 1. The highest BCUT2D eigenvalue weighted by Crippen LogP contribution is 2.09. The summed E-state index contributed by atoms with van der Waals surface area (Å²) in [5.41, 5.74) is 0.707. The molecule has 0 aromatic carbocycles. The fourth-order valence-corrected chi connectivity index (χ4v) is 1.39. The van der Waals surface area contributed by atoms with E-state index >= 15 is 0 Å². The van der Waals surface area contributed by atoms with Gasteiger partial charge in [0.05, 0.1) is 6.26 Å². The zero-order valence-corrected chi connectivity index (χ0v) is 8.95. The molecule has 0 unspecified atom stereocenters. The van der Waals surface area contributed by atoms with Gasteiger partial charge in [0.15, 0.2) is 0 Å². The second kappa shape index (κ2) is 6.24. The zero-order chi connectivity index (χ0) is 11.1. The van der Waals surface area contributed by atoms with Crippen molar-refractivity contribution in [2.75, 3.05) is 6.54 Å². The van der Waals surface area contributed by atoms with Crippen LogP contribution in [0.15, 0.2) is 16.7 Å². The summed E-state index contributed by atoms with van der Waals surface area (Å²) in [4.78, 5) is 10.7. The Morgan fingerprint density at radius 1 is 1.53 bits per heavy atom. The normalized spacial score (nSPS) is 10.5. The topological polar surface area (TPSA) is 62.5 Å². The van der Waals surface area contributed by atoms with Gasteiger partial charge in [0.1, 0.15) is 0 Å². The van der Waals surface area contributed by atoms with Crippen LogP contribution in [0.4, 0.5) is 0 Å². The summed E-state index contributed by atoms with van der Waals surface area (Å²) in [6.07, 6.45) is 4.92. The van der Waals surface area contributed by atoms with Gasteiger partial charge in [-0.2, -0.15) is 0 Å². The Bertz CT molecular complexity index is 307. The number of nitrogens with one attached hydrogen (secondary N) is 1. The summed E-state index contributed by atoms with van der Waals surface area (Å²) < 4.78 is 4.86. The molecule has 84 valence electrons. The van der Waals surface area contributed by atoms with Gasteiger partial charge in [0, 0.05) is 12.1 Å². The first kappa shape index (κ1) is 11.8. The third-order valence-electron chi connectivity index (χ3n) is 2.21. The predicted molar refractivity (Wildman–Crippen MR) is 56.9 cm³/mol. The van der Waals surface area contributed by atoms with Crippen LogP contribution in [0.3, 0.4) is 0 Å². The highest BCUT2D eigenvalue weighted by molar-refractivity contribution is 5.86. The number of aromatic carboxylic acids is 1. The lowest BCUT2D eigenvalue weighted by Gasteiger charge is -2.02. The highest BCUT2D eigenvalue weighted by Gasteiger charge is 2.12. The van der Waals surface area contributed by atoms with Crippen LogP contribution in [-0.2, 0) is 6.54 Å².